The zero-order valence-corrected chi connectivity index (χ0v) is 10.6. The molecule has 1 amide bonds. The van der Waals surface area contributed by atoms with Gasteiger partial charge in [-0.25, -0.2) is 4.39 Å². The van der Waals surface area contributed by atoms with Crippen molar-refractivity contribution < 1.29 is 22.4 Å². The highest BCUT2D eigenvalue weighted by Gasteiger charge is 2.45. The molecule has 1 aliphatic rings. The molecule has 1 fully saturated rings. The Balaban J connectivity index is 1.86. The molecule has 0 spiro atoms. The van der Waals surface area contributed by atoms with Gasteiger partial charge in [-0.05, 0) is 30.5 Å². The summed E-state index contributed by atoms with van der Waals surface area (Å²) in [5.41, 5.74) is 0.216. The van der Waals surface area contributed by atoms with Crippen LogP contribution in [-0.2, 0) is 10.3 Å². The number of benzene rings is 1. The zero-order valence-electron chi connectivity index (χ0n) is 10.6. The van der Waals surface area contributed by atoms with Crippen molar-refractivity contribution in [1.29, 1.82) is 0 Å². The van der Waals surface area contributed by atoms with E-state index in [0.717, 1.165) is 5.56 Å². The van der Waals surface area contributed by atoms with E-state index in [9.17, 15) is 22.4 Å². The second-order valence-corrected chi connectivity index (χ2v) is 4.86. The van der Waals surface area contributed by atoms with Crippen LogP contribution in [-0.4, -0.2) is 25.2 Å². The minimum atomic E-state index is -4.34. The summed E-state index contributed by atoms with van der Waals surface area (Å²) in [5, 5.41) is 4.74. The summed E-state index contributed by atoms with van der Waals surface area (Å²) in [6, 6.07) is 5.74. The minimum Gasteiger partial charge on any atom is -0.345 e. The fourth-order valence-corrected chi connectivity index (χ4v) is 2.01. The average molecular weight is 290 g/mol. The molecule has 0 aromatic heterocycles. The number of halogens is 4. The number of hydrogen-bond acceptors (Lipinski definition) is 2. The van der Waals surface area contributed by atoms with Gasteiger partial charge >= 0.3 is 6.18 Å². The number of rotatable bonds is 5. The van der Waals surface area contributed by atoms with Gasteiger partial charge in [0.1, 0.15) is 5.82 Å². The van der Waals surface area contributed by atoms with Crippen molar-refractivity contribution >= 4 is 5.91 Å². The van der Waals surface area contributed by atoms with Gasteiger partial charge in [0.25, 0.3) is 0 Å². The highest BCUT2D eigenvalue weighted by atomic mass is 19.4. The summed E-state index contributed by atoms with van der Waals surface area (Å²) < 4.78 is 48.6. The van der Waals surface area contributed by atoms with E-state index < -0.39 is 30.7 Å². The van der Waals surface area contributed by atoms with Crippen LogP contribution in [0.4, 0.5) is 17.6 Å². The Hall–Kier alpha value is -1.63. The Labute approximate surface area is 113 Å². The third-order valence-corrected chi connectivity index (χ3v) is 3.14. The molecule has 0 heterocycles. The Kier molecular flexibility index (Phi) is 3.99. The number of carbonyl (C=O) groups excluding carboxylic acids is 1. The monoisotopic (exact) mass is 290 g/mol. The maximum atomic E-state index is 12.8. The second-order valence-electron chi connectivity index (χ2n) is 4.86. The van der Waals surface area contributed by atoms with Crippen molar-refractivity contribution in [2.24, 2.45) is 0 Å². The quantitative estimate of drug-likeness (QED) is 0.815. The molecule has 0 bridgehead atoms. The van der Waals surface area contributed by atoms with E-state index in [2.05, 4.69) is 5.32 Å². The van der Waals surface area contributed by atoms with Crippen LogP contribution in [0.15, 0.2) is 24.3 Å². The van der Waals surface area contributed by atoms with Crippen LogP contribution in [0, 0.1) is 5.82 Å². The highest BCUT2D eigenvalue weighted by Crippen LogP contribution is 2.45. The molecule has 0 unspecified atom stereocenters. The summed E-state index contributed by atoms with van der Waals surface area (Å²) in [5.74, 6) is -0.876. The van der Waals surface area contributed by atoms with E-state index in [4.69, 9.17) is 0 Å². The predicted molar refractivity (Wildman–Crippen MR) is 64.4 cm³/mol. The molecule has 20 heavy (non-hydrogen) atoms. The maximum Gasteiger partial charge on any atom is 0.401 e. The Morgan fingerprint density at radius 2 is 1.80 bits per heavy atom. The Morgan fingerprint density at radius 1 is 1.20 bits per heavy atom. The topological polar surface area (TPSA) is 41.1 Å². The van der Waals surface area contributed by atoms with Crippen LogP contribution < -0.4 is 10.6 Å². The third-order valence-electron chi connectivity index (χ3n) is 3.14. The molecular weight excluding hydrogens is 276 g/mol. The minimum absolute atomic E-state index is 0.372. The lowest BCUT2D eigenvalue weighted by Gasteiger charge is -2.18. The fourth-order valence-electron chi connectivity index (χ4n) is 2.01. The molecule has 0 saturated heterocycles. The van der Waals surface area contributed by atoms with Crippen molar-refractivity contribution in [2.45, 2.75) is 24.6 Å². The number of nitrogens with one attached hydrogen (secondary N) is 2. The van der Waals surface area contributed by atoms with Gasteiger partial charge in [-0.2, -0.15) is 13.2 Å². The molecule has 2 N–H and O–H groups in total. The van der Waals surface area contributed by atoms with Gasteiger partial charge in [-0.15, -0.1) is 0 Å². The van der Waals surface area contributed by atoms with Crippen molar-refractivity contribution in [3.63, 3.8) is 0 Å². The molecule has 110 valence electrons. The maximum absolute atomic E-state index is 12.8. The lowest BCUT2D eigenvalue weighted by atomic mass is 10.0. The molecule has 1 aliphatic carbocycles. The first-order valence-corrected chi connectivity index (χ1v) is 6.15. The van der Waals surface area contributed by atoms with Gasteiger partial charge in [0, 0.05) is 0 Å². The predicted octanol–water partition coefficient (Wildman–Crippen LogP) is 2.08. The Morgan fingerprint density at radius 3 is 2.30 bits per heavy atom. The number of hydrogen-bond donors (Lipinski definition) is 2. The van der Waals surface area contributed by atoms with Crippen molar-refractivity contribution in [3.05, 3.63) is 35.6 Å². The zero-order chi connectivity index (χ0) is 14.8. The normalized spacial score (nSPS) is 16.8. The van der Waals surface area contributed by atoms with Crippen molar-refractivity contribution in [3.8, 4) is 0 Å². The molecule has 2 rings (SSSR count). The Bertz CT molecular complexity index is 480. The molecule has 0 aliphatic heterocycles. The molecule has 3 nitrogen and oxygen atoms in total. The molecule has 1 aromatic rings. The van der Waals surface area contributed by atoms with Crippen LogP contribution in [0.3, 0.4) is 0 Å². The largest absolute Gasteiger partial charge is 0.401 e. The van der Waals surface area contributed by atoms with Crippen molar-refractivity contribution in [2.75, 3.05) is 13.1 Å². The first-order chi connectivity index (χ1) is 9.31. The lowest BCUT2D eigenvalue weighted by molar-refractivity contribution is -0.128. The number of amides is 1. The molecular formula is C13H14F4N2O. The van der Waals surface area contributed by atoms with E-state index in [-0.39, 0.29) is 5.82 Å². The van der Waals surface area contributed by atoms with E-state index in [1.54, 1.807) is 12.1 Å². The van der Waals surface area contributed by atoms with Gasteiger partial charge in [0.2, 0.25) is 5.91 Å². The second kappa shape index (κ2) is 5.40. The number of alkyl halides is 3. The van der Waals surface area contributed by atoms with Gasteiger partial charge < -0.3 is 10.6 Å². The molecule has 0 radical (unpaired) electrons. The third kappa shape index (κ3) is 3.93. The van der Waals surface area contributed by atoms with Crippen LogP contribution in [0.25, 0.3) is 0 Å². The van der Waals surface area contributed by atoms with Crippen LogP contribution >= 0.6 is 0 Å². The summed E-state index contributed by atoms with van der Waals surface area (Å²) in [6.07, 6.45) is -2.94. The average Bonchev–Trinajstić information content (AvgIpc) is 3.09. The smallest absolute Gasteiger partial charge is 0.345 e. The summed E-state index contributed by atoms with van der Waals surface area (Å²) in [7, 11) is 0. The summed E-state index contributed by atoms with van der Waals surface area (Å²) in [6.45, 7) is -1.60. The molecule has 1 saturated carbocycles. The summed E-state index contributed by atoms with van der Waals surface area (Å²) >= 11 is 0. The molecule has 0 atom stereocenters. The van der Waals surface area contributed by atoms with Crippen molar-refractivity contribution in [1.82, 2.24) is 10.6 Å². The van der Waals surface area contributed by atoms with E-state index in [0.29, 0.717) is 12.8 Å². The summed E-state index contributed by atoms with van der Waals surface area (Å²) in [4.78, 5) is 11.6. The number of carbonyl (C=O) groups is 1. The van der Waals surface area contributed by atoms with Crippen LogP contribution in [0.2, 0.25) is 0 Å². The molecule has 7 heteroatoms. The van der Waals surface area contributed by atoms with E-state index in [1.165, 1.54) is 12.1 Å². The van der Waals surface area contributed by atoms with E-state index in [1.807, 2.05) is 5.32 Å². The first-order valence-electron chi connectivity index (χ1n) is 6.15. The highest BCUT2D eigenvalue weighted by molar-refractivity contribution is 5.79. The molecule has 1 aromatic carbocycles. The van der Waals surface area contributed by atoms with Gasteiger partial charge in [-0.3, -0.25) is 4.79 Å². The first kappa shape index (κ1) is 14.8. The van der Waals surface area contributed by atoms with Gasteiger partial charge in [0.05, 0.1) is 18.6 Å². The van der Waals surface area contributed by atoms with Gasteiger partial charge in [0.15, 0.2) is 0 Å². The fraction of sp³-hybridized carbons (Fsp3) is 0.462. The van der Waals surface area contributed by atoms with Gasteiger partial charge in [-0.1, -0.05) is 12.1 Å². The SMILES string of the molecule is O=C(CNCC(F)(F)F)NC1(c2ccc(F)cc2)CC1. The van der Waals surface area contributed by atoms with Crippen LogP contribution in [0.1, 0.15) is 18.4 Å². The van der Waals surface area contributed by atoms with E-state index >= 15 is 0 Å². The lowest BCUT2D eigenvalue weighted by Crippen LogP contribution is -2.42. The standard InChI is InChI=1S/C13H14F4N2O/c14-10-3-1-9(2-4-10)12(5-6-12)19-11(20)7-18-8-13(15,16)17/h1-4,18H,5-8H2,(H,19,20). The van der Waals surface area contributed by atoms with Crippen LogP contribution in [0.5, 0.6) is 0 Å².